The molecule has 0 saturated carbocycles. The number of rotatable bonds is 2. The Morgan fingerprint density at radius 2 is 2.19 bits per heavy atom. The first-order valence-electron chi connectivity index (χ1n) is 7.48. The van der Waals surface area contributed by atoms with Crippen LogP contribution in [-0.2, 0) is 6.54 Å². The second kappa shape index (κ2) is 5.58. The molecule has 5 nitrogen and oxygen atoms in total. The van der Waals surface area contributed by atoms with Crippen LogP contribution in [0.25, 0.3) is 5.65 Å². The molecule has 0 aromatic carbocycles. The van der Waals surface area contributed by atoms with E-state index in [2.05, 4.69) is 16.8 Å². The first-order chi connectivity index (χ1) is 10.0. The zero-order valence-corrected chi connectivity index (χ0v) is 12.6. The van der Waals surface area contributed by atoms with Gasteiger partial charge in [0.15, 0.2) is 0 Å². The fraction of sp³-hybridized carbons (Fsp3) is 0.500. The number of piperidine rings is 1. The van der Waals surface area contributed by atoms with E-state index in [0.29, 0.717) is 18.1 Å². The molecule has 3 heterocycles. The minimum Gasteiger partial charge on any atom is -0.327 e. The van der Waals surface area contributed by atoms with E-state index >= 15 is 0 Å². The van der Waals surface area contributed by atoms with E-state index in [4.69, 9.17) is 5.73 Å². The molecule has 2 atom stereocenters. The number of pyridine rings is 1. The number of hydrogen-bond donors (Lipinski definition) is 1. The Kier molecular flexibility index (Phi) is 3.78. The molecule has 2 unspecified atom stereocenters. The maximum absolute atomic E-state index is 12.2. The molecule has 0 radical (unpaired) electrons. The Balaban J connectivity index is 1.87. The zero-order chi connectivity index (χ0) is 15.0. The monoisotopic (exact) mass is 286 g/mol. The van der Waals surface area contributed by atoms with Crippen molar-refractivity contribution in [2.75, 3.05) is 13.1 Å². The smallest absolute Gasteiger partial charge is 0.258 e. The summed E-state index contributed by atoms with van der Waals surface area (Å²) in [5, 5.41) is 0. The molecule has 0 amide bonds. The van der Waals surface area contributed by atoms with Gasteiger partial charge in [0.2, 0.25) is 0 Å². The van der Waals surface area contributed by atoms with Crippen molar-refractivity contribution in [3.63, 3.8) is 0 Å². The lowest BCUT2D eigenvalue weighted by molar-refractivity contribution is 0.157. The van der Waals surface area contributed by atoms with Crippen molar-refractivity contribution in [1.82, 2.24) is 14.3 Å². The zero-order valence-electron chi connectivity index (χ0n) is 12.6. The Morgan fingerprint density at radius 3 is 2.95 bits per heavy atom. The number of hydrogen-bond acceptors (Lipinski definition) is 4. The highest BCUT2D eigenvalue weighted by Gasteiger charge is 2.22. The highest BCUT2D eigenvalue weighted by molar-refractivity contribution is 5.39. The van der Waals surface area contributed by atoms with Crippen molar-refractivity contribution in [3.05, 3.63) is 46.0 Å². The molecule has 5 heteroatoms. The Labute approximate surface area is 124 Å². The number of nitrogens with zero attached hydrogens (tertiary/aromatic N) is 3. The fourth-order valence-corrected chi connectivity index (χ4v) is 3.21. The molecular formula is C16H22N4O. The van der Waals surface area contributed by atoms with Crippen LogP contribution in [0.3, 0.4) is 0 Å². The van der Waals surface area contributed by atoms with Crippen LogP contribution in [0.1, 0.15) is 24.6 Å². The van der Waals surface area contributed by atoms with Crippen molar-refractivity contribution < 1.29 is 0 Å². The van der Waals surface area contributed by atoms with Crippen LogP contribution in [-0.4, -0.2) is 33.4 Å². The van der Waals surface area contributed by atoms with Gasteiger partial charge in [-0.15, -0.1) is 0 Å². The summed E-state index contributed by atoms with van der Waals surface area (Å²) in [6.07, 6.45) is 2.90. The predicted molar refractivity (Wildman–Crippen MR) is 83.2 cm³/mol. The lowest BCUT2D eigenvalue weighted by Gasteiger charge is -2.34. The van der Waals surface area contributed by atoms with Crippen LogP contribution in [0.2, 0.25) is 0 Å². The van der Waals surface area contributed by atoms with E-state index in [1.54, 1.807) is 10.5 Å². The molecule has 1 saturated heterocycles. The van der Waals surface area contributed by atoms with Gasteiger partial charge in [-0.1, -0.05) is 13.0 Å². The van der Waals surface area contributed by atoms with Crippen molar-refractivity contribution in [1.29, 1.82) is 0 Å². The molecule has 2 aromatic heterocycles. The van der Waals surface area contributed by atoms with E-state index in [1.165, 1.54) is 0 Å². The van der Waals surface area contributed by atoms with Crippen molar-refractivity contribution in [2.45, 2.75) is 32.9 Å². The van der Waals surface area contributed by atoms with E-state index in [-0.39, 0.29) is 11.6 Å². The van der Waals surface area contributed by atoms with Gasteiger partial charge >= 0.3 is 0 Å². The summed E-state index contributed by atoms with van der Waals surface area (Å²) in [7, 11) is 0. The number of nitrogens with two attached hydrogens (primary N) is 1. The second-order valence-electron chi connectivity index (χ2n) is 6.32. The third-order valence-electron chi connectivity index (χ3n) is 4.01. The van der Waals surface area contributed by atoms with Gasteiger partial charge in [0.1, 0.15) is 5.65 Å². The summed E-state index contributed by atoms with van der Waals surface area (Å²) in [5.41, 5.74) is 8.64. The Morgan fingerprint density at radius 1 is 1.38 bits per heavy atom. The highest BCUT2D eigenvalue weighted by atomic mass is 16.1. The van der Waals surface area contributed by atoms with Crippen LogP contribution in [0.5, 0.6) is 0 Å². The first kappa shape index (κ1) is 14.2. The summed E-state index contributed by atoms with van der Waals surface area (Å²) in [6, 6.07) is 5.73. The molecule has 2 N–H and O–H groups in total. The van der Waals surface area contributed by atoms with Crippen LogP contribution in [0.4, 0.5) is 0 Å². The van der Waals surface area contributed by atoms with E-state index in [1.807, 2.05) is 25.3 Å². The number of aromatic nitrogens is 2. The van der Waals surface area contributed by atoms with Crippen LogP contribution in [0.15, 0.2) is 29.2 Å². The summed E-state index contributed by atoms with van der Waals surface area (Å²) in [4.78, 5) is 19.1. The van der Waals surface area contributed by atoms with Crippen molar-refractivity contribution >= 4 is 5.65 Å². The molecule has 0 spiro atoms. The minimum atomic E-state index is -0.0203. The third-order valence-corrected chi connectivity index (χ3v) is 4.01. The molecule has 0 aliphatic carbocycles. The topological polar surface area (TPSA) is 63.6 Å². The lowest BCUT2D eigenvalue weighted by atomic mass is 9.96. The molecule has 1 fully saturated rings. The Bertz CT molecular complexity index is 699. The fourth-order valence-electron chi connectivity index (χ4n) is 3.21. The first-order valence-corrected chi connectivity index (χ1v) is 7.48. The van der Waals surface area contributed by atoms with Gasteiger partial charge < -0.3 is 5.73 Å². The maximum atomic E-state index is 12.2. The van der Waals surface area contributed by atoms with Gasteiger partial charge in [0.05, 0.1) is 5.69 Å². The molecule has 2 aromatic rings. The molecular weight excluding hydrogens is 264 g/mol. The number of fused-ring (bicyclic) bond motifs is 1. The van der Waals surface area contributed by atoms with Gasteiger partial charge in [-0.05, 0) is 30.9 Å². The molecule has 0 bridgehead atoms. The molecule has 21 heavy (non-hydrogen) atoms. The van der Waals surface area contributed by atoms with E-state index < -0.39 is 0 Å². The van der Waals surface area contributed by atoms with Crippen molar-refractivity contribution in [2.24, 2.45) is 11.7 Å². The molecule has 112 valence electrons. The molecule has 1 aliphatic rings. The quantitative estimate of drug-likeness (QED) is 0.900. The average molecular weight is 286 g/mol. The predicted octanol–water partition coefficient (Wildman–Crippen LogP) is 1.17. The highest BCUT2D eigenvalue weighted by Crippen LogP contribution is 2.16. The standard InChI is InChI=1S/C16H22N4O/c1-11-3-4-15-18-14(6-16(21)20(15)8-11)10-19-7-12(2)5-13(17)9-19/h3-4,6,8,12-13H,5,7,9-10,17H2,1-2H3. The van der Waals surface area contributed by atoms with Gasteiger partial charge in [-0.3, -0.25) is 14.1 Å². The third kappa shape index (κ3) is 3.14. The Hall–Kier alpha value is -1.72. The lowest BCUT2D eigenvalue weighted by Crippen LogP contribution is -2.46. The number of aryl methyl sites for hydroxylation is 1. The van der Waals surface area contributed by atoms with Gasteiger partial charge in [0.25, 0.3) is 5.56 Å². The summed E-state index contributed by atoms with van der Waals surface area (Å²) in [5.74, 6) is 0.595. The summed E-state index contributed by atoms with van der Waals surface area (Å²) < 4.78 is 1.60. The van der Waals surface area contributed by atoms with Gasteiger partial charge in [-0.25, -0.2) is 4.98 Å². The maximum Gasteiger partial charge on any atom is 0.258 e. The molecule has 1 aliphatic heterocycles. The van der Waals surface area contributed by atoms with Gasteiger partial charge in [0, 0.05) is 37.9 Å². The number of likely N-dealkylation sites (tertiary alicyclic amines) is 1. The minimum absolute atomic E-state index is 0.0203. The van der Waals surface area contributed by atoms with Crippen LogP contribution in [0, 0.1) is 12.8 Å². The SMILES string of the molecule is Cc1ccc2nc(CN3CC(C)CC(N)C3)cc(=O)n2c1. The second-order valence-corrected chi connectivity index (χ2v) is 6.32. The largest absolute Gasteiger partial charge is 0.327 e. The van der Waals surface area contributed by atoms with Gasteiger partial charge in [-0.2, -0.15) is 0 Å². The van der Waals surface area contributed by atoms with Crippen molar-refractivity contribution in [3.8, 4) is 0 Å². The van der Waals surface area contributed by atoms with E-state index in [0.717, 1.165) is 30.8 Å². The van der Waals surface area contributed by atoms with Crippen LogP contribution >= 0.6 is 0 Å². The normalized spacial score (nSPS) is 23.6. The van der Waals surface area contributed by atoms with Crippen LogP contribution < -0.4 is 11.3 Å². The summed E-state index contributed by atoms with van der Waals surface area (Å²) >= 11 is 0. The average Bonchev–Trinajstić information content (AvgIpc) is 2.38. The van der Waals surface area contributed by atoms with E-state index in [9.17, 15) is 4.79 Å². The summed E-state index contributed by atoms with van der Waals surface area (Å²) in [6.45, 7) is 6.77. The molecule has 3 rings (SSSR count).